The Morgan fingerprint density at radius 2 is 1.72 bits per heavy atom. The monoisotopic (exact) mass is 319 g/mol. The fourth-order valence-electron chi connectivity index (χ4n) is 3.34. The maximum absolute atomic E-state index is 6.04. The summed E-state index contributed by atoms with van der Waals surface area (Å²) in [5.74, 6) is 0. The van der Waals surface area contributed by atoms with Crippen molar-refractivity contribution in [2.45, 2.75) is 6.42 Å². The van der Waals surface area contributed by atoms with Gasteiger partial charge >= 0.3 is 0 Å². The molecule has 118 valence electrons. The van der Waals surface area contributed by atoms with Crippen molar-refractivity contribution in [3.8, 4) is 0 Å². The van der Waals surface area contributed by atoms with E-state index in [-0.39, 0.29) is 0 Å². The third kappa shape index (κ3) is 2.92. The van der Waals surface area contributed by atoms with Crippen molar-refractivity contribution in [1.82, 2.24) is 0 Å². The number of nitrogens with zero attached hydrogens (tertiary/aromatic N) is 1. The quantitative estimate of drug-likeness (QED) is 0.573. The van der Waals surface area contributed by atoms with E-state index in [0.717, 1.165) is 29.0 Å². The van der Waals surface area contributed by atoms with Gasteiger partial charge in [0, 0.05) is 16.8 Å². The van der Waals surface area contributed by atoms with Crippen LogP contribution in [0.1, 0.15) is 5.56 Å². The number of anilines is 2. The lowest BCUT2D eigenvalue weighted by atomic mass is 9.92. The molecular weight excluding hydrogens is 301 g/mol. The minimum absolute atomic E-state index is 0.780. The first-order valence-electron chi connectivity index (χ1n) is 8.42. The van der Waals surface area contributed by atoms with E-state index in [2.05, 4.69) is 78.2 Å². The van der Waals surface area contributed by atoms with Gasteiger partial charge in [0.15, 0.2) is 0 Å². The van der Waals surface area contributed by atoms with Crippen LogP contribution in [0.15, 0.2) is 97.2 Å². The number of fused-ring (bicyclic) bond motifs is 2. The van der Waals surface area contributed by atoms with Crippen molar-refractivity contribution in [1.29, 1.82) is 0 Å². The zero-order valence-corrected chi connectivity index (χ0v) is 14.0. The summed E-state index contributed by atoms with van der Waals surface area (Å²) in [6, 6.07) is 20.9. The summed E-state index contributed by atoms with van der Waals surface area (Å²) in [4.78, 5) is 2.22. The molecule has 0 saturated carbocycles. The number of benzene rings is 3. The molecule has 2 heteroatoms. The summed E-state index contributed by atoms with van der Waals surface area (Å²) in [5.41, 5.74) is 5.14. The fraction of sp³-hybridized carbons (Fsp3) is 0.0435. The second-order valence-corrected chi connectivity index (χ2v) is 6.20. The van der Waals surface area contributed by atoms with Crippen LogP contribution in [0.25, 0.3) is 10.8 Å². The van der Waals surface area contributed by atoms with E-state index in [1.54, 1.807) is 0 Å². The molecule has 1 heterocycles. The van der Waals surface area contributed by atoms with Crippen molar-refractivity contribution < 1.29 is 0 Å². The van der Waals surface area contributed by atoms with Crippen LogP contribution in [0.3, 0.4) is 0 Å². The molecule has 0 bridgehead atoms. The van der Waals surface area contributed by atoms with Gasteiger partial charge in [-0.1, -0.05) is 78.8 Å². The van der Waals surface area contributed by atoms with Gasteiger partial charge in [-0.3, -0.25) is 0 Å². The van der Waals surface area contributed by atoms with Crippen LogP contribution in [0.2, 0.25) is 0 Å². The predicted octanol–water partition coefficient (Wildman–Crippen LogP) is 4.95. The molecule has 0 amide bonds. The zero-order valence-electron chi connectivity index (χ0n) is 14.0. The van der Waals surface area contributed by atoms with Gasteiger partial charge in [-0.15, -0.1) is 0 Å². The Labute approximate surface area is 150 Å². The lowest BCUT2D eigenvalue weighted by molar-refractivity contribution is 1.18. The van der Waals surface area contributed by atoms with E-state index < -0.39 is 0 Å². The molecule has 0 unspecified atom stereocenters. The smallest absolute Gasteiger partial charge is 0.113 e. The van der Waals surface area contributed by atoms with Crippen molar-refractivity contribution >= 4 is 35.5 Å². The molecule has 4 rings (SSSR count). The molecule has 3 aromatic carbocycles. The molecule has 3 aromatic rings. The van der Waals surface area contributed by atoms with Crippen LogP contribution in [0.5, 0.6) is 0 Å². The summed E-state index contributed by atoms with van der Waals surface area (Å²) < 4.78 is 0. The molecule has 1 aliphatic rings. The van der Waals surface area contributed by atoms with Gasteiger partial charge < -0.3 is 4.90 Å². The minimum Gasteiger partial charge on any atom is -0.310 e. The molecule has 1 nitrogen and oxygen atoms in total. The van der Waals surface area contributed by atoms with Crippen molar-refractivity contribution in [3.05, 3.63) is 103 Å². The topological polar surface area (TPSA) is 3.24 Å². The van der Waals surface area contributed by atoms with Gasteiger partial charge in [0.25, 0.3) is 0 Å². The largest absolute Gasteiger partial charge is 0.310 e. The van der Waals surface area contributed by atoms with Crippen LogP contribution in [0.4, 0.5) is 11.4 Å². The van der Waals surface area contributed by atoms with Gasteiger partial charge in [-0.25, -0.2) is 0 Å². The Hall–Kier alpha value is -3.00. The SMILES string of the molecule is [B]c1ccc2c(c1)C/C=C\C=C/C(=C)N2c1cccc2ccccc12. The summed E-state index contributed by atoms with van der Waals surface area (Å²) >= 11 is 0. The number of allylic oxidation sites excluding steroid dienone is 4. The molecule has 2 radical (unpaired) electrons. The van der Waals surface area contributed by atoms with E-state index in [1.807, 2.05) is 18.2 Å². The molecule has 0 atom stereocenters. The average molecular weight is 319 g/mol. The van der Waals surface area contributed by atoms with Crippen molar-refractivity contribution in [2.75, 3.05) is 4.90 Å². The Morgan fingerprint density at radius 1 is 0.880 bits per heavy atom. The Balaban J connectivity index is 1.99. The highest BCUT2D eigenvalue weighted by molar-refractivity contribution is 6.32. The summed E-state index contributed by atoms with van der Waals surface area (Å²) in [6.07, 6.45) is 9.12. The van der Waals surface area contributed by atoms with Gasteiger partial charge in [-0.05, 0) is 35.6 Å². The highest BCUT2D eigenvalue weighted by Gasteiger charge is 2.17. The van der Waals surface area contributed by atoms with Crippen LogP contribution in [-0.2, 0) is 6.42 Å². The summed E-state index contributed by atoms with van der Waals surface area (Å²) in [5, 5.41) is 2.42. The van der Waals surface area contributed by atoms with Gasteiger partial charge in [0.05, 0.1) is 5.69 Å². The summed E-state index contributed by atoms with van der Waals surface area (Å²) in [7, 11) is 6.04. The minimum atomic E-state index is 0.780. The van der Waals surface area contributed by atoms with E-state index >= 15 is 0 Å². The molecule has 1 aliphatic heterocycles. The number of hydrogen-bond acceptors (Lipinski definition) is 1. The van der Waals surface area contributed by atoms with E-state index in [1.165, 1.54) is 16.3 Å². The van der Waals surface area contributed by atoms with Crippen LogP contribution >= 0.6 is 0 Å². The van der Waals surface area contributed by atoms with E-state index in [4.69, 9.17) is 7.85 Å². The predicted molar refractivity (Wildman–Crippen MR) is 109 cm³/mol. The third-order valence-corrected chi connectivity index (χ3v) is 4.51. The van der Waals surface area contributed by atoms with Gasteiger partial charge in [-0.2, -0.15) is 0 Å². The lowest BCUT2D eigenvalue weighted by Crippen LogP contribution is -2.18. The highest BCUT2D eigenvalue weighted by atomic mass is 15.1. The van der Waals surface area contributed by atoms with Crippen molar-refractivity contribution in [3.63, 3.8) is 0 Å². The molecule has 25 heavy (non-hydrogen) atoms. The normalized spacial score (nSPS) is 16.6. The maximum atomic E-state index is 6.04. The Bertz CT molecular complexity index is 1010. The molecule has 0 fully saturated rings. The Morgan fingerprint density at radius 3 is 2.64 bits per heavy atom. The lowest BCUT2D eigenvalue weighted by Gasteiger charge is -2.29. The van der Waals surface area contributed by atoms with E-state index in [9.17, 15) is 0 Å². The van der Waals surface area contributed by atoms with Crippen molar-refractivity contribution in [2.24, 2.45) is 0 Å². The third-order valence-electron chi connectivity index (χ3n) is 4.51. The zero-order chi connectivity index (χ0) is 17.2. The average Bonchev–Trinajstić information content (AvgIpc) is 2.70. The van der Waals surface area contributed by atoms with Crippen LogP contribution in [-0.4, -0.2) is 7.85 Å². The molecule has 0 aromatic heterocycles. The maximum Gasteiger partial charge on any atom is 0.113 e. The van der Waals surface area contributed by atoms with Crippen LogP contribution in [0, 0.1) is 0 Å². The Kier molecular flexibility index (Phi) is 4.03. The first kappa shape index (κ1) is 15.5. The molecule has 0 aliphatic carbocycles. The number of hydrogen-bond donors (Lipinski definition) is 0. The first-order valence-corrected chi connectivity index (χ1v) is 8.42. The van der Waals surface area contributed by atoms with Gasteiger partial charge in [0.2, 0.25) is 0 Å². The first-order chi connectivity index (χ1) is 12.2. The molecule has 0 saturated heterocycles. The highest BCUT2D eigenvalue weighted by Crippen LogP contribution is 2.37. The molecule has 0 N–H and O–H groups in total. The summed E-state index contributed by atoms with van der Waals surface area (Å²) in [6.45, 7) is 4.32. The van der Waals surface area contributed by atoms with Crippen LogP contribution < -0.4 is 10.4 Å². The number of rotatable bonds is 1. The second-order valence-electron chi connectivity index (χ2n) is 6.20. The fourth-order valence-corrected chi connectivity index (χ4v) is 3.34. The van der Waals surface area contributed by atoms with Gasteiger partial charge in [0.1, 0.15) is 7.85 Å². The standard InChI is InChI=1S/C23H18BN/c1-17-8-3-2-4-10-19-16-20(24)14-15-22(19)25(17)23-13-7-11-18-9-5-6-12-21(18)23/h2-9,11-16H,1,10H2/b4-2-,8-3-. The second kappa shape index (κ2) is 6.48. The van der Waals surface area contributed by atoms with E-state index in [0.29, 0.717) is 0 Å². The molecular formula is C23H18BN. The molecule has 0 spiro atoms.